The fourth-order valence-electron chi connectivity index (χ4n) is 1.33. The van der Waals surface area contributed by atoms with E-state index in [4.69, 9.17) is 11.6 Å². The summed E-state index contributed by atoms with van der Waals surface area (Å²) in [6.07, 6.45) is 1.57. The zero-order valence-electron chi connectivity index (χ0n) is 10.6. The Balaban J connectivity index is 2.89. The van der Waals surface area contributed by atoms with Gasteiger partial charge in [0.25, 0.3) is 0 Å². The highest BCUT2D eigenvalue weighted by Gasteiger charge is 2.17. The van der Waals surface area contributed by atoms with Crippen molar-refractivity contribution < 1.29 is 9.59 Å². The van der Waals surface area contributed by atoms with E-state index in [0.29, 0.717) is 22.8 Å². The van der Waals surface area contributed by atoms with Crippen LogP contribution in [-0.4, -0.2) is 49.3 Å². The first-order valence-electron chi connectivity index (χ1n) is 5.56. The van der Waals surface area contributed by atoms with Crippen LogP contribution in [0.4, 0.5) is 5.13 Å². The van der Waals surface area contributed by atoms with Crippen molar-refractivity contribution in [3.63, 3.8) is 0 Å². The third kappa shape index (κ3) is 3.68. The van der Waals surface area contributed by atoms with Gasteiger partial charge in [-0.05, 0) is 6.42 Å². The van der Waals surface area contributed by atoms with Gasteiger partial charge in [0, 0.05) is 20.6 Å². The van der Waals surface area contributed by atoms with E-state index in [9.17, 15) is 9.59 Å². The van der Waals surface area contributed by atoms with E-state index >= 15 is 0 Å². The Morgan fingerprint density at radius 1 is 1.50 bits per heavy atom. The molecule has 1 aromatic heterocycles. The lowest BCUT2D eigenvalue weighted by atomic mass is 10.4. The maximum atomic E-state index is 11.7. The number of amides is 1. The van der Waals surface area contributed by atoms with Crippen LogP contribution in [0.2, 0.25) is 5.15 Å². The summed E-state index contributed by atoms with van der Waals surface area (Å²) >= 11 is 7.04. The molecule has 0 radical (unpaired) electrons. The second kappa shape index (κ2) is 6.70. The third-order valence-corrected chi connectivity index (χ3v) is 3.74. The standard InChI is InChI=1S/C11H16ClN3O2S/c1-4-5-15(6-9(17)14(2)3)11-13-10(12)8(7-16)18-11/h7H,4-6H2,1-3H3. The van der Waals surface area contributed by atoms with Crippen LogP contribution in [0.5, 0.6) is 0 Å². The topological polar surface area (TPSA) is 53.5 Å². The number of carbonyl (C=O) groups excluding carboxylic acids is 2. The Morgan fingerprint density at radius 3 is 2.61 bits per heavy atom. The predicted octanol–water partition coefficient (Wildman–Crippen LogP) is 1.91. The lowest BCUT2D eigenvalue weighted by Gasteiger charge is -2.22. The van der Waals surface area contributed by atoms with Crippen LogP contribution >= 0.6 is 22.9 Å². The van der Waals surface area contributed by atoms with Crippen LogP contribution in [0.3, 0.4) is 0 Å². The van der Waals surface area contributed by atoms with E-state index in [1.54, 1.807) is 14.1 Å². The molecule has 0 aliphatic carbocycles. The SMILES string of the molecule is CCCN(CC(=O)N(C)C)c1nc(Cl)c(C=O)s1. The van der Waals surface area contributed by atoms with E-state index < -0.39 is 0 Å². The molecular formula is C11H16ClN3O2S. The molecule has 0 spiro atoms. The van der Waals surface area contributed by atoms with E-state index in [1.165, 1.54) is 16.2 Å². The first-order chi connectivity index (χ1) is 8.49. The zero-order chi connectivity index (χ0) is 13.7. The highest BCUT2D eigenvalue weighted by Crippen LogP contribution is 2.28. The van der Waals surface area contributed by atoms with Gasteiger partial charge in [-0.2, -0.15) is 0 Å². The van der Waals surface area contributed by atoms with Crippen molar-refractivity contribution in [3.05, 3.63) is 10.0 Å². The van der Waals surface area contributed by atoms with Crippen molar-refractivity contribution in [2.24, 2.45) is 0 Å². The van der Waals surface area contributed by atoms with Gasteiger partial charge in [0.2, 0.25) is 5.91 Å². The molecule has 0 bridgehead atoms. The number of thiazole rings is 1. The molecule has 1 rings (SSSR count). The van der Waals surface area contributed by atoms with Crippen molar-refractivity contribution in [1.82, 2.24) is 9.88 Å². The summed E-state index contributed by atoms with van der Waals surface area (Å²) in [6.45, 7) is 2.95. The minimum Gasteiger partial charge on any atom is -0.347 e. The molecule has 18 heavy (non-hydrogen) atoms. The van der Waals surface area contributed by atoms with Gasteiger partial charge in [0.1, 0.15) is 4.88 Å². The number of carbonyl (C=O) groups is 2. The molecule has 7 heteroatoms. The monoisotopic (exact) mass is 289 g/mol. The van der Waals surface area contributed by atoms with E-state index in [0.717, 1.165) is 6.42 Å². The van der Waals surface area contributed by atoms with Crippen molar-refractivity contribution in [3.8, 4) is 0 Å². The van der Waals surface area contributed by atoms with Crippen molar-refractivity contribution in [2.45, 2.75) is 13.3 Å². The number of hydrogen-bond donors (Lipinski definition) is 0. The fourth-order valence-corrected chi connectivity index (χ4v) is 2.41. The summed E-state index contributed by atoms with van der Waals surface area (Å²) < 4.78 is 0. The summed E-state index contributed by atoms with van der Waals surface area (Å²) in [7, 11) is 3.41. The number of halogens is 1. The highest BCUT2D eigenvalue weighted by atomic mass is 35.5. The summed E-state index contributed by atoms with van der Waals surface area (Å²) in [5, 5.41) is 0.808. The maximum absolute atomic E-state index is 11.7. The number of aromatic nitrogens is 1. The first kappa shape index (κ1) is 14.9. The fraction of sp³-hybridized carbons (Fsp3) is 0.545. The normalized spacial score (nSPS) is 10.2. The smallest absolute Gasteiger partial charge is 0.241 e. The molecular weight excluding hydrogens is 274 g/mol. The van der Waals surface area contributed by atoms with Gasteiger partial charge in [-0.1, -0.05) is 29.9 Å². The van der Waals surface area contributed by atoms with E-state index in [2.05, 4.69) is 4.98 Å². The Morgan fingerprint density at radius 2 is 2.17 bits per heavy atom. The number of nitrogens with zero attached hydrogens (tertiary/aromatic N) is 3. The number of likely N-dealkylation sites (N-methyl/N-ethyl adjacent to an activating group) is 1. The van der Waals surface area contributed by atoms with Gasteiger partial charge in [-0.3, -0.25) is 9.59 Å². The summed E-state index contributed by atoms with van der Waals surface area (Å²) in [6, 6.07) is 0. The van der Waals surface area contributed by atoms with Gasteiger partial charge in [-0.15, -0.1) is 0 Å². The number of rotatable bonds is 6. The lowest BCUT2D eigenvalue weighted by Crippen LogP contribution is -2.37. The molecule has 0 aliphatic rings. The van der Waals surface area contributed by atoms with Crippen LogP contribution in [0.1, 0.15) is 23.0 Å². The number of anilines is 1. The number of aldehydes is 1. The molecule has 0 unspecified atom stereocenters. The summed E-state index contributed by atoms with van der Waals surface area (Å²) in [5.41, 5.74) is 0. The molecule has 0 aliphatic heterocycles. The van der Waals surface area contributed by atoms with Gasteiger partial charge in [0.15, 0.2) is 16.6 Å². The van der Waals surface area contributed by atoms with E-state index in [-0.39, 0.29) is 17.6 Å². The molecule has 1 amide bonds. The highest BCUT2D eigenvalue weighted by molar-refractivity contribution is 7.17. The second-order valence-electron chi connectivity index (χ2n) is 3.98. The molecule has 0 fully saturated rings. The van der Waals surface area contributed by atoms with Gasteiger partial charge >= 0.3 is 0 Å². The molecule has 100 valence electrons. The Bertz CT molecular complexity index is 434. The summed E-state index contributed by atoms with van der Waals surface area (Å²) in [4.78, 5) is 30.3. The van der Waals surface area contributed by atoms with Gasteiger partial charge in [-0.25, -0.2) is 4.98 Å². The molecule has 1 aromatic rings. The average Bonchev–Trinajstić information content (AvgIpc) is 2.69. The molecule has 0 aromatic carbocycles. The minimum atomic E-state index is -0.0116. The van der Waals surface area contributed by atoms with Crippen molar-refractivity contribution in [2.75, 3.05) is 32.1 Å². The Kier molecular flexibility index (Phi) is 5.55. The molecule has 0 saturated carbocycles. The van der Waals surface area contributed by atoms with Gasteiger partial charge < -0.3 is 9.80 Å². The molecule has 0 saturated heterocycles. The van der Waals surface area contributed by atoms with Crippen LogP contribution in [0, 0.1) is 0 Å². The predicted molar refractivity (Wildman–Crippen MR) is 73.7 cm³/mol. The molecule has 5 nitrogen and oxygen atoms in total. The number of hydrogen-bond acceptors (Lipinski definition) is 5. The largest absolute Gasteiger partial charge is 0.347 e. The van der Waals surface area contributed by atoms with Crippen LogP contribution in [0.25, 0.3) is 0 Å². The first-order valence-corrected chi connectivity index (χ1v) is 6.75. The second-order valence-corrected chi connectivity index (χ2v) is 5.35. The molecule has 0 atom stereocenters. The van der Waals surface area contributed by atoms with Crippen molar-refractivity contribution in [1.29, 1.82) is 0 Å². The van der Waals surface area contributed by atoms with Crippen molar-refractivity contribution >= 4 is 40.3 Å². The minimum absolute atomic E-state index is 0.0116. The summed E-state index contributed by atoms with van der Waals surface area (Å²) in [5.74, 6) is -0.0116. The third-order valence-electron chi connectivity index (χ3n) is 2.29. The van der Waals surface area contributed by atoms with Crippen LogP contribution in [0.15, 0.2) is 0 Å². The maximum Gasteiger partial charge on any atom is 0.241 e. The average molecular weight is 290 g/mol. The van der Waals surface area contributed by atoms with Crippen LogP contribution < -0.4 is 4.90 Å². The Labute approximate surface area is 115 Å². The van der Waals surface area contributed by atoms with Crippen LogP contribution in [-0.2, 0) is 4.79 Å². The Hall–Kier alpha value is -1.14. The molecule has 0 N–H and O–H groups in total. The molecule has 1 heterocycles. The quantitative estimate of drug-likeness (QED) is 0.751. The van der Waals surface area contributed by atoms with Gasteiger partial charge in [0.05, 0.1) is 6.54 Å². The van der Waals surface area contributed by atoms with E-state index in [1.807, 2.05) is 11.8 Å². The lowest BCUT2D eigenvalue weighted by molar-refractivity contribution is -0.127. The zero-order valence-corrected chi connectivity index (χ0v) is 12.2.